The molecule has 0 fully saturated rings. The van der Waals surface area contributed by atoms with E-state index in [1.54, 1.807) is 6.92 Å². The summed E-state index contributed by atoms with van der Waals surface area (Å²) >= 11 is 0. The van der Waals surface area contributed by atoms with Crippen molar-refractivity contribution in [1.82, 2.24) is 0 Å². The topological polar surface area (TPSA) is 72.8 Å². The van der Waals surface area contributed by atoms with Crippen LogP contribution in [0, 0.1) is 29.1 Å². The van der Waals surface area contributed by atoms with Crippen molar-refractivity contribution >= 4 is 11.9 Å². The normalized spacial score (nSPS) is 9.47. The number of ether oxygens (including phenoxy) is 2. The molecule has 0 spiro atoms. The van der Waals surface area contributed by atoms with Gasteiger partial charge < -0.3 is 14.6 Å². The standard InChI is InChI=1S/C14H18O5/c1-4-5-9-14(12(16)18-2,13(17)19-3)10-7-6-8-11-15/h15H,8-11H2,1-3H3. The van der Waals surface area contributed by atoms with Crippen LogP contribution in [0.5, 0.6) is 0 Å². The Morgan fingerprint density at radius 3 is 2.00 bits per heavy atom. The Balaban J connectivity index is 5.35. The molecule has 0 aromatic carbocycles. The number of hydrogen-bond acceptors (Lipinski definition) is 5. The molecule has 0 bridgehead atoms. The average molecular weight is 266 g/mol. The minimum atomic E-state index is -1.53. The number of carbonyl (C=O) groups excluding carboxylic acids is 2. The van der Waals surface area contributed by atoms with Gasteiger partial charge in [0.05, 0.1) is 20.8 Å². The van der Waals surface area contributed by atoms with E-state index in [2.05, 4.69) is 33.2 Å². The minimum absolute atomic E-state index is 0.0172. The van der Waals surface area contributed by atoms with Gasteiger partial charge in [-0.3, -0.25) is 9.59 Å². The lowest BCUT2D eigenvalue weighted by atomic mass is 9.81. The van der Waals surface area contributed by atoms with Gasteiger partial charge in [0.15, 0.2) is 5.41 Å². The van der Waals surface area contributed by atoms with Crippen LogP contribution < -0.4 is 0 Å². The highest BCUT2D eigenvalue weighted by atomic mass is 16.5. The summed E-state index contributed by atoms with van der Waals surface area (Å²) in [7, 11) is 2.39. The van der Waals surface area contributed by atoms with Gasteiger partial charge in [-0.05, 0) is 6.92 Å². The second-order valence-electron chi connectivity index (χ2n) is 3.67. The van der Waals surface area contributed by atoms with Gasteiger partial charge in [-0.2, -0.15) is 0 Å². The van der Waals surface area contributed by atoms with E-state index in [1.807, 2.05) is 0 Å². The molecule has 0 rings (SSSR count). The number of aliphatic hydroxyl groups excluding tert-OH is 1. The zero-order chi connectivity index (χ0) is 14.7. The average Bonchev–Trinajstić information content (AvgIpc) is 2.45. The molecule has 0 aromatic heterocycles. The van der Waals surface area contributed by atoms with Crippen LogP contribution in [0.25, 0.3) is 0 Å². The molecule has 0 aliphatic rings. The van der Waals surface area contributed by atoms with Gasteiger partial charge in [-0.15, -0.1) is 23.7 Å². The summed E-state index contributed by atoms with van der Waals surface area (Å²) in [4.78, 5) is 23.8. The fraction of sp³-hybridized carbons (Fsp3) is 0.571. The molecule has 0 aliphatic carbocycles. The Kier molecular flexibility index (Phi) is 8.08. The number of aliphatic hydroxyl groups is 1. The smallest absolute Gasteiger partial charge is 0.325 e. The van der Waals surface area contributed by atoms with Gasteiger partial charge in [0.2, 0.25) is 0 Å². The molecule has 0 radical (unpaired) electrons. The predicted molar refractivity (Wildman–Crippen MR) is 68.6 cm³/mol. The summed E-state index contributed by atoms with van der Waals surface area (Å²) in [5, 5.41) is 8.64. The van der Waals surface area contributed by atoms with E-state index in [4.69, 9.17) is 5.11 Å². The van der Waals surface area contributed by atoms with Crippen LogP contribution >= 0.6 is 0 Å². The molecular formula is C14H18O5. The molecule has 5 heteroatoms. The first-order valence-electron chi connectivity index (χ1n) is 5.72. The Bertz CT molecular complexity index is 414. The van der Waals surface area contributed by atoms with Crippen molar-refractivity contribution in [3.05, 3.63) is 0 Å². The SMILES string of the molecule is CC#CCC(CC#CCCO)(C(=O)OC)C(=O)OC. The summed E-state index contributed by atoms with van der Waals surface area (Å²) < 4.78 is 9.34. The first-order valence-corrected chi connectivity index (χ1v) is 5.72. The molecular weight excluding hydrogens is 248 g/mol. The van der Waals surface area contributed by atoms with Crippen LogP contribution in [0.3, 0.4) is 0 Å². The van der Waals surface area contributed by atoms with Gasteiger partial charge in [0.1, 0.15) is 0 Å². The zero-order valence-corrected chi connectivity index (χ0v) is 11.4. The van der Waals surface area contributed by atoms with Gasteiger partial charge in [-0.1, -0.05) is 0 Å². The highest BCUT2D eigenvalue weighted by Crippen LogP contribution is 2.29. The summed E-state index contributed by atoms with van der Waals surface area (Å²) in [6, 6.07) is 0. The molecule has 104 valence electrons. The molecule has 0 heterocycles. The third-order valence-electron chi connectivity index (χ3n) is 2.47. The van der Waals surface area contributed by atoms with E-state index in [9.17, 15) is 9.59 Å². The van der Waals surface area contributed by atoms with Crippen molar-refractivity contribution in [2.75, 3.05) is 20.8 Å². The maximum Gasteiger partial charge on any atom is 0.325 e. The molecule has 19 heavy (non-hydrogen) atoms. The van der Waals surface area contributed by atoms with Crippen molar-refractivity contribution in [3.8, 4) is 23.7 Å². The lowest BCUT2D eigenvalue weighted by Crippen LogP contribution is -2.40. The molecule has 0 aliphatic heterocycles. The van der Waals surface area contributed by atoms with Crippen molar-refractivity contribution in [2.24, 2.45) is 5.41 Å². The van der Waals surface area contributed by atoms with Gasteiger partial charge in [0.25, 0.3) is 0 Å². The number of hydrogen-bond donors (Lipinski definition) is 1. The molecule has 0 aromatic rings. The first kappa shape index (κ1) is 17.0. The predicted octanol–water partition coefficient (Wildman–Crippen LogP) is 0.508. The molecule has 0 amide bonds. The second-order valence-corrected chi connectivity index (χ2v) is 3.67. The maximum atomic E-state index is 11.9. The molecule has 0 saturated heterocycles. The van der Waals surface area contributed by atoms with Gasteiger partial charge >= 0.3 is 11.9 Å². The zero-order valence-electron chi connectivity index (χ0n) is 11.4. The van der Waals surface area contributed by atoms with Crippen molar-refractivity contribution < 1.29 is 24.2 Å². The third kappa shape index (κ3) is 4.65. The van der Waals surface area contributed by atoms with Gasteiger partial charge in [-0.25, -0.2) is 0 Å². The number of carbonyl (C=O) groups is 2. The lowest BCUT2D eigenvalue weighted by molar-refractivity contribution is -0.168. The van der Waals surface area contributed by atoms with E-state index in [1.165, 1.54) is 14.2 Å². The van der Waals surface area contributed by atoms with E-state index >= 15 is 0 Å². The molecule has 0 unspecified atom stereocenters. The highest BCUT2D eigenvalue weighted by molar-refractivity contribution is 6.00. The summed E-state index contributed by atoms with van der Waals surface area (Å²) in [6.45, 7) is 1.53. The molecule has 5 nitrogen and oxygen atoms in total. The Morgan fingerprint density at radius 1 is 1.05 bits per heavy atom. The third-order valence-corrected chi connectivity index (χ3v) is 2.47. The van der Waals surface area contributed by atoms with Crippen LogP contribution in [0.15, 0.2) is 0 Å². The second kappa shape index (κ2) is 9.02. The highest BCUT2D eigenvalue weighted by Gasteiger charge is 2.47. The summed E-state index contributed by atoms with van der Waals surface area (Å²) in [6.07, 6.45) is 0.204. The van der Waals surface area contributed by atoms with E-state index in [-0.39, 0.29) is 25.9 Å². The van der Waals surface area contributed by atoms with Crippen LogP contribution in [0.2, 0.25) is 0 Å². The number of methoxy groups -OCH3 is 2. The van der Waals surface area contributed by atoms with Gasteiger partial charge in [0, 0.05) is 19.3 Å². The van der Waals surface area contributed by atoms with Crippen molar-refractivity contribution in [1.29, 1.82) is 0 Å². The van der Waals surface area contributed by atoms with E-state index in [0.717, 1.165) is 0 Å². The molecule has 1 N–H and O–H groups in total. The lowest BCUT2D eigenvalue weighted by Gasteiger charge is -2.23. The van der Waals surface area contributed by atoms with Crippen molar-refractivity contribution in [3.63, 3.8) is 0 Å². The Labute approximate surface area is 113 Å². The Hall–Kier alpha value is -1.98. The molecule has 0 atom stereocenters. The fourth-order valence-electron chi connectivity index (χ4n) is 1.42. The summed E-state index contributed by atoms with van der Waals surface area (Å²) in [5.74, 6) is 9.22. The fourth-order valence-corrected chi connectivity index (χ4v) is 1.42. The monoisotopic (exact) mass is 266 g/mol. The van der Waals surface area contributed by atoms with Crippen LogP contribution in [-0.2, 0) is 19.1 Å². The van der Waals surface area contributed by atoms with E-state index < -0.39 is 17.4 Å². The van der Waals surface area contributed by atoms with Crippen LogP contribution in [0.4, 0.5) is 0 Å². The number of esters is 2. The van der Waals surface area contributed by atoms with Crippen LogP contribution in [0.1, 0.15) is 26.2 Å². The molecule has 0 saturated carbocycles. The summed E-state index contributed by atoms with van der Waals surface area (Å²) in [5.41, 5.74) is -1.53. The minimum Gasteiger partial charge on any atom is -0.468 e. The van der Waals surface area contributed by atoms with Crippen LogP contribution in [-0.4, -0.2) is 37.9 Å². The first-order chi connectivity index (χ1) is 9.08. The Morgan fingerprint density at radius 2 is 1.58 bits per heavy atom. The quantitative estimate of drug-likeness (QED) is 0.446. The maximum absolute atomic E-state index is 11.9. The largest absolute Gasteiger partial charge is 0.468 e. The van der Waals surface area contributed by atoms with Crippen molar-refractivity contribution in [2.45, 2.75) is 26.2 Å². The van der Waals surface area contributed by atoms with E-state index in [0.29, 0.717) is 0 Å². The number of rotatable bonds is 5.